The Hall–Kier alpha value is -1.56. The van der Waals surface area contributed by atoms with Crippen LogP contribution in [0.25, 0.3) is 0 Å². The minimum absolute atomic E-state index is 0.221. The van der Waals surface area contributed by atoms with Crippen LogP contribution in [0, 0.1) is 5.92 Å². The summed E-state index contributed by atoms with van der Waals surface area (Å²) in [4.78, 5) is 11.7. The Labute approximate surface area is 106 Å². The molecule has 1 unspecified atom stereocenters. The van der Waals surface area contributed by atoms with Crippen molar-refractivity contribution in [3.05, 3.63) is 29.3 Å². The van der Waals surface area contributed by atoms with E-state index in [0.29, 0.717) is 5.02 Å². The number of amides is 1. The van der Waals surface area contributed by atoms with Gasteiger partial charge in [-0.05, 0) is 25.1 Å². The first-order chi connectivity index (χ1) is 8.30. The zero-order valence-electron chi connectivity index (χ0n) is 9.20. The van der Waals surface area contributed by atoms with Gasteiger partial charge < -0.3 is 0 Å². The van der Waals surface area contributed by atoms with Crippen molar-refractivity contribution in [3.8, 4) is 0 Å². The van der Waals surface area contributed by atoms with Gasteiger partial charge in [0.05, 0.1) is 11.6 Å². The van der Waals surface area contributed by atoms with E-state index in [1.54, 1.807) is 6.07 Å². The Morgan fingerprint density at radius 3 is 2.56 bits per heavy atom. The maximum absolute atomic E-state index is 12.6. The molecule has 0 aliphatic carbocycles. The second-order valence-corrected chi connectivity index (χ2v) is 4.27. The minimum atomic E-state index is -4.61. The molecule has 1 aromatic rings. The molecule has 1 atom stereocenters. The molecular weight excluding hydrogens is 269 g/mol. The molecule has 0 bridgehead atoms. The molecule has 7 heteroatoms. The summed E-state index contributed by atoms with van der Waals surface area (Å²) in [6.45, 7) is 1.18. The quantitative estimate of drug-likeness (QED) is 0.775. The van der Waals surface area contributed by atoms with Crippen LogP contribution in [0.2, 0.25) is 5.02 Å². The van der Waals surface area contributed by atoms with Gasteiger partial charge in [0, 0.05) is 5.02 Å². The smallest absolute Gasteiger partial charge is 0.272 e. The van der Waals surface area contributed by atoms with Crippen LogP contribution in [0.15, 0.2) is 29.4 Å². The van der Waals surface area contributed by atoms with E-state index in [-0.39, 0.29) is 5.69 Å². The number of alkyl halides is 3. The van der Waals surface area contributed by atoms with E-state index in [0.717, 1.165) is 5.01 Å². The molecule has 0 saturated carbocycles. The van der Waals surface area contributed by atoms with Crippen LogP contribution in [-0.4, -0.2) is 17.8 Å². The lowest BCUT2D eigenvalue weighted by molar-refractivity contribution is -0.120. The van der Waals surface area contributed by atoms with Crippen molar-refractivity contribution in [2.75, 3.05) is 5.01 Å². The van der Waals surface area contributed by atoms with Crippen LogP contribution in [0.3, 0.4) is 0 Å². The number of benzene rings is 1. The molecule has 0 radical (unpaired) electrons. The number of carbonyl (C=O) groups excluding carboxylic acids is 1. The topological polar surface area (TPSA) is 32.7 Å². The number of anilines is 1. The standard InChI is InChI=1S/C11H8ClF3N2O/c1-6-9(11(13,14)15)16-17(10(6)18)8-4-2-3-7(12)5-8/h2-6H,1H3. The molecule has 0 fully saturated rings. The van der Waals surface area contributed by atoms with Crippen molar-refractivity contribution in [1.29, 1.82) is 0 Å². The van der Waals surface area contributed by atoms with Crippen LogP contribution in [-0.2, 0) is 4.79 Å². The third kappa shape index (κ3) is 2.20. The predicted octanol–water partition coefficient (Wildman–Crippen LogP) is 3.24. The SMILES string of the molecule is CC1C(=O)N(c2cccc(Cl)c2)N=C1C(F)(F)F. The molecule has 1 aliphatic rings. The van der Waals surface area contributed by atoms with Crippen molar-refractivity contribution in [2.24, 2.45) is 11.0 Å². The Morgan fingerprint density at radius 1 is 1.39 bits per heavy atom. The molecule has 18 heavy (non-hydrogen) atoms. The van der Waals surface area contributed by atoms with Gasteiger partial charge in [0.2, 0.25) is 0 Å². The highest BCUT2D eigenvalue weighted by Crippen LogP contribution is 2.32. The summed E-state index contributed by atoms with van der Waals surface area (Å²) in [6, 6.07) is 5.95. The number of rotatable bonds is 1. The minimum Gasteiger partial charge on any atom is -0.272 e. The van der Waals surface area contributed by atoms with Crippen molar-refractivity contribution < 1.29 is 18.0 Å². The Balaban J connectivity index is 2.41. The number of halogens is 4. The predicted molar refractivity (Wildman–Crippen MR) is 61.6 cm³/mol. The van der Waals surface area contributed by atoms with E-state index >= 15 is 0 Å². The van der Waals surface area contributed by atoms with Gasteiger partial charge in [-0.3, -0.25) is 4.79 Å². The van der Waals surface area contributed by atoms with Gasteiger partial charge in [-0.15, -0.1) is 0 Å². The third-order valence-electron chi connectivity index (χ3n) is 2.54. The first kappa shape index (κ1) is 12.9. The molecule has 96 valence electrons. The molecule has 1 heterocycles. The number of hydrogen-bond acceptors (Lipinski definition) is 2. The lowest BCUT2D eigenvalue weighted by atomic mass is 10.1. The first-order valence-electron chi connectivity index (χ1n) is 5.06. The van der Waals surface area contributed by atoms with Gasteiger partial charge in [-0.2, -0.15) is 23.3 Å². The van der Waals surface area contributed by atoms with Gasteiger partial charge in [-0.1, -0.05) is 17.7 Å². The molecule has 1 amide bonds. The first-order valence-corrected chi connectivity index (χ1v) is 5.43. The van der Waals surface area contributed by atoms with Crippen LogP contribution in [0.1, 0.15) is 6.92 Å². The van der Waals surface area contributed by atoms with Gasteiger partial charge >= 0.3 is 6.18 Å². The number of hydrazone groups is 1. The maximum atomic E-state index is 12.6. The highest BCUT2D eigenvalue weighted by atomic mass is 35.5. The monoisotopic (exact) mass is 276 g/mol. The lowest BCUT2D eigenvalue weighted by Gasteiger charge is -2.12. The molecule has 2 rings (SSSR count). The van der Waals surface area contributed by atoms with Crippen LogP contribution in [0.5, 0.6) is 0 Å². The molecule has 0 saturated heterocycles. The zero-order valence-corrected chi connectivity index (χ0v) is 9.96. The fourth-order valence-electron chi connectivity index (χ4n) is 1.64. The van der Waals surface area contributed by atoms with Gasteiger partial charge in [0.1, 0.15) is 0 Å². The highest BCUT2D eigenvalue weighted by molar-refractivity contribution is 6.31. The Morgan fingerprint density at radius 2 is 2.06 bits per heavy atom. The number of carbonyl (C=O) groups is 1. The molecular formula is C11H8ClF3N2O. The second-order valence-electron chi connectivity index (χ2n) is 3.83. The molecule has 0 aromatic heterocycles. The lowest BCUT2D eigenvalue weighted by Crippen LogP contribution is -2.31. The Kier molecular flexibility index (Phi) is 3.06. The number of nitrogens with zero attached hydrogens (tertiary/aromatic N) is 2. The molecule has 0 N–H and O–H groups in total. The summed E-state index contributed by atoms with van der Waals surface area (Å²) in [7, 11) is 0. The summed E-state index contributed by atoms with van der Waals surface area (Å²) in [5, 5.41) is 4.41. The van der Waals surface area contributed by atoms with Crippen molar-refractivity contribution in [2.45, 2.75) is 13.1 Å². The molecule has 1 aliphatic heterocycles. The van der Waals surface area contributed by atoms with E-state index in [4.69, 9.17) is 11.6 Å². The van der Waals surface area contributed by atoms with E-state index in [1.165, 1.54) is 25.1 Å². The summed E-state index contributed by atoms with van der Waals surface area (Å²) >= 11 is 5.73. The normalized spacial score (nSPS) is 20.3. The largest absolute Gasteiger partial charge is 0.432 e. The Bertz CT molecular complexity index is 527. The van der Waals surface area contributed by atoms with Crippen molar-refractivity contribution in [1.82, 2.24) is 0 Å². The average Bonchev–Trinajstić information content (AvgIpc) is 2.55. The molecule has 0 spiro atoms. The van der Waals surface area contributed by atoms with Crippen molar-refractivity contribution in [3.63, 3.8) is 0 Å². The van der Waals surface area contributed by atoms with Gasteiger partial charge in [-0.25, -0.2) is 0 Å². The summed E-state index contributed by atoms with van der Waals surface area (Å²) in [5.74, 6) is -2.02. The van der Waals surface area contributed by atoms with Crippen LogP contribution >= 0.6 is 11.6 Å². The zero-order chi connectivity index (χ0) is 13.5. The van der Waals surface area contributed by atoms with E-state index in [1.807, 2.05) is 0 Å². The van der Waals surface area contributed by atoms with Gasteiger partial charge in [0.15, 0.2) is 5.71 Å². The fourth-order valence-corrected chi connectivity index (χ4v) is 1.82. The van der Waals surface area contributed by atoms with Crippen LogP contribution in [0.4, 0.5) is 18.9 Å². The van der Waals surface area contributed by atoms with E-state index < -0.39 is 23.7 Å². The van der Waals surface area contributed by atoms with Crippen molar-refractivity contribution >= 4 is 28.9 Å². The van der Waals surface area contributed by atoms with E-state index in [2.05, 4.69) is 5.10 Å². The summed E-state index contributed by atoms with van der Waals surface area (Å²) < 4.78 is 37.9. The summed E-state index contributed by atoms with van der Waals surface area (Å²) in [6.07, 6.45) is -4.61. The highest BCUT2D eigenvalue weighted by Gasteiger charge is 2.48. The molecule has 1 aromatic carbocycles. The van der Waals surface area contributed by atoms with Crippen LogP contribution < -0.4 is 5.01 Å². The number of hydrogen-bond donors (Lipinski definition) is 0. The maximum Gasteiger partial charge on any atom is 0.432 e. The third-order valence-corrected chi connectivity index (χ3v) is 2.78. The van der Waals surface area contributed by atoms with E-state index in [9.17, 15) is 18.0 Å². The summed E-state index contributed by atoms with van der Waals surface area (Å²) in [5.41, 5.74) is -0.869. The fraction of sp³-hybridized carbons (Fsp3) is 0.273. The van der Waals surface area contributed by atoms with Gasteiger partial charge in [0.25, 0.3) is 5.91 Å². The average molecular weight is 277 g/mol. The second kappa shape index (κ2) is 4.28. The molecule has 3 nitrogen and oxygen atoms in total.